The average Bonchev–Trinajstić information content (AvgIpc) is 3.81. The molecule has 0 aromatic carbocycles. The van der Waals surface area contributed by atoms with E-state index in [1.54, 1.807) is 4.90 Å². The lowest BCUT2D eigenvalue weighted by Gasteiger charge is -2.38. The van der Waals surface area contributed by atoms with Crippen molar-refractivity contribution in [1.29, 1.82) is 0 Å². The summed E-state index contributed by atoms with van der Waals surface area (Å²) in [6, 6.07) is -1.48. The number of amides is 2. The normalized spacial score (nSPS) is 22.3. The Morgan fingerprint density at radius 1 is 0.940 bits per heavy atom. The Labute approximate surface area is 298 Å². The van der Waals surface area contributed by atoms with Crippen LogP contribution in [0.15, 0.2) is 18.6 Å². The van der Waals surface area contributed by atoms with Crippen molar-refractivity contribution in [2.24, 2.45) is 40.9 Å². The van der Waals surface area contributed by atoms with Gasteiger partial charge in [-0.25, -0.2) is 4.98 Å². The summed E-state index contributed by atoms with van der Waals surface area (Å²) in [6.45, 7) is 12.4. The quantitative estimate of drug-likeness (QED) is 0.175. The van der Waals surface area contributed by atoms with Crippen LogP contribution in [0.25, 0.3) is 0 Å². The number of rotatable bonds is 18. The number of aromatic nitrogens is 2. The number of carbonyl (C=O) groups excluding carboxylic acids is 6. The molecular formula is C40H60N4O6. The van der Waals surface area contributed by atoms with Crippen molar-refractivity contribution in [3.63, 3.8) is 0 Å². The van der Waals surface area contributed by atoms with Crippen molar-refractivity contribution >= 4 is 34.9 Å². The lowest BCUT2D eigenvalue weighted by molar-refractivity contribution is -0.148. The first-order valence-corrected chi connectivity index (χ1v) is 19.3. The molecule has 2 amide bonds. The summed E-state index contributed by atoms with van der Waals surface area (Å²) in [5.74, 6) is -2.94. The van der Waals surface area contributed by atoms with E-state index in [9.17, 15) is 28.8 Å². The largest absolute Gasteiger partial charge is 0.341 e. The van der Waals surface area contributed by atoms with E-state index in [2.05, 4.69) is 29.1 Å². The lowest BCUT2D eigenvalue weighted by Crippen LogP contribution is -2.52. The Balaban J connectivity index is 1.58. The zero-order valence-electron chi connectivity index (χ0n) is 31.2. The van der Waals surface area contributed by atoms with Gasteiger partial charge in [0.15, 0.2) is 17.3 Å². The number of carbonyl (C=O) groups is 6. The first-order valence-electron chi connectivity index (χ1n) is 19.3. The van der Waals surface area contributed by atoms with E-state index in [-0.39, 0.29) is 71.9 Å². The fraction of sp³-hybridized carbons (Fsp3) is 0.750. The van der Waals surface area contributed by atoms with Gasteiger partial charge in [-0.1, -0.05) is 73.6 Å². The number of ketones is 4. The Morgan fingerprint density at radius 2 is 1.64 bits per heavy atom. The molecule has 2 heterocycles. The smallest absolute Gasteiger partial charge is 0.272 e. The molecule has 2 saturated carbocycles. The minimum atomic E-state index is -0.764. The molecule has 0 bridgehead atoms. The summed E-state index contributed by atoms with van der Waals surface area (Å²) < 4.78 is 0. The maximum Gasteiger partial charge on any atom is 0.272 e. The Bertz CT molecular complexity index is 1360. The van der Waals surface area contributed by atoms with Gasteiger partial charge in [-0.05, 0) is 67.6 Å². The molecule has 4 rings (SSSR count). The summed E-state index contributed by atoms with van der Waals surface area (Å²) in [6.07, 6.45) is 13.7. The van der Waals surface area contributed by atoms with Gasteiger partial charge < -0.3 is 10.2 Å². The third-order valence-corrected chi connectivity index (χ3v) is 11.6. The third-order valence-electron chi connectivity index (χ3n) is 11.6. The number of nitrogens with zero attached hydrogens (tertiary/aromatic N) is 3. The summed E-state index contributed by atoms with van der Waals surface area (Å²) in [5.41, 5.74) is -0.482. The minimum absolute atomic E-state index is 0.0425. The van der Waals surface area contributed by atoms with Gasteiger partial charge in [0.25, 0.3) is 5.91 Å². The van der Waals surface area contributed by atoms with Crippen LogP contribution in [0.5, 0.6) is 0 Å². The van der Waals surface area contributed by atoms with Crippen LogP contribution in [-0.2, 0) is 24.0 Å². The summed E-state index contributed by atoms with van der Waals surface area (Å²) in [4.78, 5) is 92.5. The number of nitrogens with one attached hydrogen (secondary N) is 1. The van der Waals surface area contributed by atoms with Crippen LogP contribution in [0, 0.1) is 40.9 Å². The van der Waals surface area contributed by atoms with Crippen molar-refractivity contribution in [1.82, 2.24) is 20.2 Å². The molecule has 50 heavy (non-hydrogen) atoms. The first-order chi connectivity index (χ1) is 23.8. The predicted octanol–water partition coefficient (Wildman–Crippen LogP) is 6.35. The molecule has 1 N–H and O–H groups in total. The van der Waals surface area contributed by atoms with Gasteiger partial charge >= 0.3 is 0 Å². The zero-order valence-corrected chi connectivity index (χ0v) is 31.2. The number of hydrogen-bond donors (Lipinski definition) is 1. The van der Waals surface area contributed by atoms with Crippen LogP contribution in [0.3, 0.4) is 0 Å². The Hall–Kier alpha value is -3.30. The van der Waals surface area contributed by atoms with E-state index in [1.165, 1.54) is 18.6 Å². The first kappa shape index (κ1) is 39.5. The van der Waals surface area contributed by atoms with Crippen molar-refractivity contribution < 1.29 is 28.8 Å². The molecule has 1 aromatic rings. The molecule has 2 unspecified atom stereocenters. The van der Waals surface area contributed by atoms with Crippen LogP contribution >= 0.6 is 0 Å². The van der Waals surface area contributed by atoms with Gasteiger partial charge in [-0.15, -0.1) is 0 Å². The molecule has 0 spiro atoms. The molecule has 1 aliphatic heterocycles. The van der Waals surface area contributed by atoms with Crippen LogP contribution in [0.1, 0.15) is 142 Å². The molecule has 3 fully saturated rings. The van der Waals surface area contributed by atoms with Gasteiger partial charge in [-0.3, -0.25) is 33.8 Å². The summed E-state index contributed by atoms with van der Waals surface area (Å²) in [7, 11) is 0. The van der Waals surface area contributed by atoms with Gasteiger partial charge in [-0.2, -0.15) is 0 Å². The second kappa shape index (κ2) is 17.8. The highest BCUT2D eigenvalue weighted by molar-refractivity contribution is 6.38. The topological polar surface area (TPSA) is 143 Å². The minimum Gasteiger partial charge on any atom is -0.341 e. The molecule has 10 heteroatoms. The maximum absolute atomic E-state index is 14.7. The maximum atomic E-state index is 14.7. The molecular weight excluding hydrogens is 632 g/mol. The van der Waals surface area contributed by atoms with E-state index in [4.69, 9.17) is 0 Å². The fourth-order valence-corrected chi connectivity index (χ4v) is 8.18. The van der Waals surface area contributed by atoms with Crippen molar-refractivity contribution in [3.05, 3.63) is 24.3 Å². The van der Waals surface area contributed by atoms with E-state index in [1.807, 2.05) is 27.7 Å². The zero-order chi connectivity index (χ0) is 36.6. The molecule has 10 nitrogen and oxygen atoms in total. The van der Waals surface area contributed by atoms with E-state index < -0.39 is 41.0 Å². The van der Waals surface area contributed by atoms with E-state index in [0.29, 0.717) is 25.8 Å². The molecule has 0 radical (unpaired) electrons. The van der Waals surface area contributed by atoms with Crippen LogP contribution in [-0.4, -0.2) is 68.4 Å². The highest BCUT2D eigenvalue weighted by Gasteiger charge is 2.48. The van der Waals surface area contributed by atoms with Gasteiger partial charge in [0.2, 0.25) is 11.7 Å². The number of hydrogen-bond acceptors (Lipinski definition) is 8. The van der Waals surface area contributed by atoms with Gasteiger partial charge in [0.1, 0.15) is 5.69 Å². The third kappa shape index (κ3) is 10.2. The van der Waals surface area contributed by atoms with Gasteiger partial charge in [0, 0.05) is 50.0 Å². The van der Waals surface area contributed by atoms with Crippen LogP contribution in [0.4, 0.5) is 0 Å². The molecule has 1 saturated heterocycles. The standard InChI is InChI=1S/C40H60N4O6/c1-7-12-28(37(48)34(47)21-26-15-16-26)22-33(46)36-29(25(3)8-2)17-20-44(36)39(50)30(40(4,5)6)23-32(45)35(27-13-10-9-11-14-27)43-38(49)31-24-41-18-19-42-31/h18-19,24-30,35-36H,7-17,20-23H2,1-6H3,(H,43,49)/t25?,28?,29-,30-,35+,36+/m1/s1. The number of Topliss-reactive ketones (excluding diaryl/α,β-unsaturated/α-hetero) is 4. The number of likely N-dealkylation sites (tertiary alicyclic amines) is 1. The predicted molar refractivity (Wildman–Crippen MR) is 191 cm³/mol. The Kier molecular flexibility index (Phi) is 14.0. The monoisotopic (exact) mass is 692 g/mol. The molecule has 2 aliphatic carbocycles. The van der Waals surface area contributed by atoms with E-state index >= 15 is 0 Å². The van der Waals surface area contributed by atoms with E-state index in [0.717, 1.165) is 51.4 Å². The van der Waals surface area contributed by atoms with Crippen LogP contribution in [0.2, 0.25) is 0 Å². The average molecular weight is 693 g/mol. The summed E-state index contributed by atoms with van der Waals surface area (Å²) in [5, 5.41) is 2.96. The van der Waals surface area contributed by atoms with Crippen molar-refractivity contribution in [2.45, 2.75) is 144 Å². The highest BCUT2D eigenvalue weighted by atomic mass is 16.2. The van der Waals surface area contributed by atoms with Crippen LogP contribution < -0.4 is 5.32 Å². The van der Waals surface area contributed by atoms with Crippen molar-refractivity contribution in [3.8, 4) is 0 Å². The SMILES string of the molecule is CCCC(CC(=O)[C@@H]1[C@@H](C(C)CC)CCN1C(=O)[C@@H](CC(=O)[C@@H](NC(=O)c1cnccn1)C1CCCCC1)C(C)(C)C)C(=O)C(=O)CC1CC1. The second-order valence-corrected chi connectivity index (χ2v) is 16.4. The summed E-state index contributed by atoms with van der Waals surface area (Å²) >= 11 is 0. The molecule has 3 aliphatic rings. The lowest BCUT2D eigenvalue weighted by atomic mass is 9.73. The fourth-order valence-electron chi connectivity index (χ4n) is 8.18. The molecule has 1 aromatic heterocycles. The highest BCUT2D eigenvalue weighted by Crippen LogP contribution is 2.40. The molecule has 6 atom stereocenters. The second-order valence-electron chi connectivity index (χ2n) is 16.4. The van der Waals surface area contributed by atoms with Gasteiger partial charge in [0.05, 0.1) is 18.3 Å². The Morgan fingerprint density at radius 3 is 2.22 bits per heavy atom. The molecule has 276 valence electrons. The van der Waals surface area contributed by atoms with Crippen molar-refractivity contribution in [2.75, 3.05) is 6.54 Å².